The van der Waals surface area contributed by atoms with Gasteiger partial charge in [0.15, 0.2) is 5.69 Å². The molecule has 0 unspecified atom stereocenters. The molecule has 0 amide bonds. The van der Waals surface area contributed by atoms with Crippen molar-refractivity contribution in [2.24, 2.45) is 0 Å². The molecule has 7 nitrogen and oxygen atoms in total. The molecule has 0 saturated carbocycles. The van der Waals surface area contributed by atoms with Gasteiger partial charge in [0.25, 0.3) is 0 Å². The van der Waals surface area contributed by atoms with Crippen molar-refractivity contribution in [1.82, 2.24) is 19.7 Å². The van der Waals surface area contributed by atoms with Gasteiger partial charge in [-0.3, -0.25) is 4.79 Å². The second-order valence-electron chi connectivity index (χ2n) is 6.73. The van der Waals surface area contributed by atoms with E-state index >= 15 is 0 Å². The molecule has 0 aliphatic carbocycles. The molecule has 0 bridgehead atoms. The van der Waals surface area contributed by atoms with Gasteiger partial charge in [-0.25, -0.2) is 14.6 Å². The summed E-state index contributed by atoms with van der Waals surface area (Å²) in [7, 11) is 1.31. The minimum Gasteiger partial charge on any atom is -0.469 e. The molecule has 0 spiro atoms. The third kappa shape index (κ3) is 5.85. The number of carbonyl (C=O) groups is 1. The highest BCUT2D eigenvalue weighted by Gasteiger charge is 2.34. The summed E-state index contributed by atoms with van der Waals surface area (Å²) in [5.41, 5.74) is 1.44. The Morgan fingerprint density at radius 2 is 2.00 bits per heavy atom. The smallest absolute Gasteiger partial charge is 0.435 e. The number of aromatic nitrogens is 4. The molecule has 11 heteroatoms. The molecular formula is C21H19ClF3N5O2. The molecule has 168 valence electrons. The van der Waals surface area contributed by atoms with Gasteiger partial charge in [-0.15, -0.1) is 0 Å². The molecule has 2 aromatic heterocycles. The Bertz CT molecular complexity index is 1130. The summed E-state index contributed by atoms with van der Waals surface area (Å²) in [6.45, 7) is 1.93. The van der Waals surface area contributed by atoms with E-state index in [9.17, 15) is 18.0 Å². The van der Waals surface area contributed by atoms with Gasteiger partial charge in [0.2, 0.25) is 5.28 Å². The lowest BCUT2D eigenvalue weighted by molar-refractivity contribution is -0.141. The monoisotopic (exact) mass is 465 g/mol. The standard InChI is InChI=1S/C21H19ClF3N5O2/c1-13-10-17(21(23,24)25)29-30(13)16-8-6-14(7-9-16)11-26-19-15(12-27-20(22)28-19)4-3-5-18(31)32-2/h3-4,6-10,12H,5,11H2,1-2H3,(H,26,27,28)/b4-3+. The molecule has 3 rings (SSSR count). The van der Waals surface area contributed by atoms with Crippen molar-refractivity contribution in [3.8, 4) is 5.69 Å². The number of rotatable bonds is 7. The van der Waals surface area contributed by atoms with E-state index in [0.717, 1.165) is 11.6 Å². The van der Waals surface area contributed by atoms with E-state index in [-0.39, 0.29) is 17.7 Å². The summed E-state index contributed by atoms with van der Waals surface area (Å²) in [6.07, 6.45) is 0.426. The lowest BCUT2D eigenvalue weighted by Crippen LogP contribution is -2.08. The molecule has 0 aliphatic heterocycles. The van der Waals surface area contributed by atoms with Gasteiger partial charge in [0, 0.05) is 24.0 Å². The molecular weight excluding hydrogens is 447 g/mol. The average Bonchev–Trinajstić information content (AvgIpc) is 3.16. The molecule has 0 aliphatic rings. The molecule has 32 heavy (non-hydrogen) atoms. The maximum absolute atomic E-state index is 12.9. The Kier molecular flexibility index (Phi) is 7.14. The van der Waals surface area contributed by atoms with E-state index in [1.54, 1.807) is 43.3 Å². The lowest BCUT2D eigenvalue weighted by Gasteiger charge is -2.10. The number of esters is 1. The molecule has 1 aromatic carbocycles. The topological polar surface area (TPSA) is 81.9 Å². The maximum atomic E-state index is 12.9. The van der Waals surface area contributed by atoms with E-state index in [1.165, 1.54) is 18.0 Å². The minimum absolute atomic E-state index is 0.0580. The molecule has 2 heterocycles. The Balaban J connectivity index is 1.72. The number of nitrogens with one attached hydrogen (secondary N) is 1. The highest BCUT2D eigenvalue weighted by molar-refractivity contribution is 6.28. The van der Waals surface area contributed by atoms with Crippen molar-refractivity contribution >= 4 is 29.5 Å². The Labute approximate surface area is 186 Å². The summed E-state index contributed by atoms with van der Waals surface area (Å²) in [5.74, 6) is 0.0911. The fraction of sp³-hybridized carbons (Fsp3) is 0.238. The summed E-state index contributed by atoms with van der Waals surface area (Å²) in [6, 6.07) is 7.91. The van der Waals surface area contributed by atoms with Crippen LogP contribution in [0.4, 0.5) is 19.0 Å². The van der Waals surface area contributed by atoms with E-state index < -0.39 is 11.9 Å². The van der Waals surface area contributed by atoms with Crippen LogP contribution in [0.15, 0.2) is 42.6 Å². The zero-order valence-electron chi connectivity index (χ0n) is 17.2. The number of aryl methyl sites for hydroxylation is 1. The van der Waals surface area contributed by atoms with Crippen molar-refractivity contribution in [2.75, 3.05) is 12.4 Å². The number of nitrogens with zero attached hydrogens (tertiary/aromatic N) is 4. The van der Waals surface area contributed by atoms with E-state index in [2.05, 4.69) is 25.1 Å². The number of ether oxygens (including phenoxy) is 1. The number of hydrogen-bond acceptors (Lipinski definition) is 6. The van der Waals surface area contributed by atoms with Crippen LogP contribution in [0.2, 0.25) is 5.28 Å². The van der Waals surface area contributed by atoms with E-state index in [4.69, 9.17) is 11.6 Å². The summed E-state index contributed by atoms with van der Waals surface area (Å²) < 4.78 is 44.5. The Morgan fingerprint density at radius 3 is 2.62 bits per heavy atom. The first-order chi connectivity index (χ1) is 15.2. The van der Waals surface area contributed by atoms with Gasteiger partial charge in [0.1, 0.15) is 5.82 Å². The van der Waals surface area contributed by atoms with E-state index in [0.29, 0.717) is 29.3 Å². The highest BCUT2D eigenvalue weighted by atomic mass is 35.5. The number of hydrogen-bond donors (Lipinski definition) is 1. The van der Waals surface area contributed by atoms with E-state index in [1.807, 2.05) is 0 Å². The van der Waals surface area contributed by atoms with Crippen LogP contribution in [0.5, 0.6) is 0 Å². The van der Waals surface area contributed by atoms with Crippen molar-refractivity contribution in [2.45, 2.75) is 26.1 Å². The Morgan fingerprint density at radius 1 is 1.28 bits per heavy atom. The summed E-state index contributed by atoms with van der Waals surface area (Å²) >= 11 is 5.89. The first kappa shape index (κ1) is 23.3. The van der Waals surface area contributed by atoms with Crippen molar-refractivity contribution in [1.29, 1.82) is 0 Å². The number of anilines is 1. The maximum Gasteiger partial charge on any atom is 0.435 e. The third-order valence-corrected chi connectivity index (χ3v) is 4.60. The first-order valence-corrected chi connectivity index (χ1v) is 9.78. The van der Waals surface area contributed by atoms with Gasteiger partial charge in [-0.1, -0.05) is 24.3 Å². The number of carbonyl (C=O) groups excluding carboxylic acids is 1. The molecule has 0 atom stereocenters. The van der Waals surface area contributed by atoms with Crippen molar-refractivity contribution in [3.05, 3.63) is 70.4 Å². The zero-order valence-corrected chi connectivity index (χ0v) is 17.9. The Hall–Kier alpha value is -3.40. The predicted octanol–water partition coefficient (Wildman–Crippen LogP) is 4.83. The minimum atomic E-state index is -4.50. The van der Waals surface area contributed by atoms with Crippen LogP contribution < -0.4 is 5.32 Å². The van der Waals surface area contributed by atoms with Crippen LogP contribution in [-0.2, 0) is 22.3 Å². The van der Waals surface area contributed by atoms with Crippen LogP contribution in [0.3, 0.4) is 0 Å². The van der Waals surface area contributed by atoms with Crippen LogP contribution in [0.25, 0.3) is 11.8 Å². The third-order valence-electron chi connectivity index (χ3n) is 4.42. The van der Waals surface area contributed by atoms with Crippen LogP contribution >= 0.6 is 11.6 Å². The highest BCUT2D eigenvalue weighted by Crippen LogP contribution is 2.29. The fourth-order valence-corrected chi connectivity index (χ4v) is 2.95. The SMILES string of the molecule is COC(=O)C/C=C/c1cnc(Cl)nc1NCc1ccc(-n2nc(C(F)(F)F)cc2C)cc1. The number of halogens is 4. The van der Waals surface area contributed by atoms with Crippen LogP contribution in [0, 0.1) is 6.92 Å². The van der Waals surface area contributed by atoms with Crippen LogP contribution in [-0.4, -0.2) is 32.8 Å². The number of alkyl halides is 3. The average molecular weight is 466 g/mol. The predicted molar refractivity (Wildman–Crippen MR) is 113 cm³/mol. The molecule has 0 saturated heterocycles. The first-order valence-electron chi connectivity index (χ1n) is 9.40. The van der Waals surface area contributed by atoms with Crippen molar-refractivity contribution in [3.63, 3.8) is 0 Å². The number of benzene rings is 1. The summed E-state index contributed by atoms with van der Waals surface area (Å²) in [5, 5.41) is 6.85. The quantitative estimate of drug-likeness (QED) is 0.397. The largest absolute Gasteiger partial charge is 0.469 e. The zero-order chi connectivity index (χ0) is 23.3. The van der Waals surface area contributed by atoms with Crippen LogP contribution in [0.1, 0.15) is 28.9 Å². The van der Waals surface area contributed by atoms with Gasteiger partial charge in [-0.2, -0.15) is 18.3 Å². The second-order valence-corrected chi connectivity index (χ2v) is 7.06. The lowest BCUT2D eigenvalue weighted by atomic mass is 10.2. The van der Waals surface area contributed by atoms with Gasteiger partial charge in [0.05, 0.1) is 19.2 Å². The fourth-order valence-electron chi connectivity index (χ4n) is 2.81. The van der Waals surface area contributed by atoms with Gasteiger partial charge in [-0.05, 0) is 42.3 Å². The van der Waals surface area contributed by atoms with Crippen molar-refractivity contribution < 1.29 is 22.7 Å². The second kappa shape index (κ2) is 9.82. The van der Waals surface area contributed by atoms with Gasteiger partial charge >= 0.3 is 12.1 Å². The molecule has 1 N–H and O–H groups in total. The number of methoxy groups -OCH3 is 1. The van der Waals surface area contributed by atoms with Gasteiger partial charge < -0.3 is 10.1 Å². The molecule has 0 fully saturated rings. The summed E-state index contributed by atoms with van der Waals surface area (Å²) in [4.78, 5) is 19.4. The molecule has 0 radical (unpaired) electrons. The molecule has 3 aromatic rings. The normalized spacial score (nSPS) is 11.7.